The van der Waals surface area contributed by atoms with Crippen LogP contribution >= 0.6 is 0 Å². The molecule has 2 fully saturated rings. The SMILES string of the molecule is COc1cc(-c2ccc(N3CCC(C)(N)CC3)nc2)c2c(C3CC3)cnn2c1. The molecule has 0 bridgehead atoms. The lowest BCUT2D eigenvalue weighted by Gasteiger charge is -2.37. The summed E-state index contributed by atoms with van der Waals surface area (Å²) in [5.74, 6) is 2.46. The van der Waals surface area contributed by atoms with Crippen molar-refractivity contribution >= 4 is 11.3 Å². The number of pyridine rings is 2. The summed E-state index contributed by atoms with van der Waals surface area (Å²) in [7, 11) is 1.69. The van der Waals surface area contributed by atoms with Crippen molar-refractivity contribution in [2.75, 3.05) is 25.1 Å². The molecule has 1 saturated carbocycles. The highest BCUT2D eigenvalue weighted by molar-refractivity contribution is 5.84. The molecule has 1 saturated heterocycles. The van der Waals surface area contributed by atoms with Crippen molar-refractivity contribution in [3.05, 3.63) is 42.4 Å². The molecule has 6 heteroatoms. The van der Waals surface area contributed by atoms with Gasteiger partial charge in [-0.25, -0.2) is 9.50 Å². The molecule has 5 rings (SSSR count). The molecule has 28 heavy (non-hydrogen) atoms. The van der Waals surface area contributed by atoms with Crippen molar-refractivity contribution in [3.8, 4) is 16.9 Å². The summed E-state index contributed by atoms with van der Waals surface area (Å²) in [5.41, 5.74) is 10.9. The topological polar surface area (TPSA) is 68.7 Å². The highest BCUT2D eigenvalue weighted by atomic mass is 16.5. The van der Waals surface area contributed by atoms with Crippen molar-refractivity contribution in [2.24, 2.45) is 5.73 Å². The van der Waals surface area contributed by atoms with E-state index in [1.807, 2.05) is 23.1 Å². The molecule has 0 unspecified atom stereocenters. The maximum atomic E-state index is 6.26. The molecule has 1 aliphatic carbocycles. The van der Waals surface area contributed by atoms with E-state index >= 15 is 0 Å². The van der Waals surface area contributed by atoms with Gasteiger partial charge in [0.05, 0.1) is 25.0 Å². The number of nitrogens with two attached hydrogens (primary N) is 1. The lowest BCUT2D eigenvalue weighted by atomic mass is 9.91. The largest absolute Gasteiger partial charge is 0.495 e. The van der Waals surface area contributed by atoms with Gasteiger partial charge in [-0.2, -0.15) is 5.10 Å². The summed E-state index contributed by atoms with van der Waals surface area (Å²) in [4.78, 5) is 7.11. The Hall–Kier alpha value is -2.60. The first-order valence-corrected chi connectivity index (χ1v) is 10.1. The van der Waals surface area contributed by atoms with Gasteiger partial charge in [0.1, 0.15) is 11.6 Å². The maximum absolute atomic E-state index is 6.26. The molecule has 3 aromatic heterocycles. The maximum Gasteiger partial charge on any atom is 0.137 e. The van der Waals surface area contributed by atoms with E-state index in [9.17, 15) is 0 Å². The summed E-state index contributed by atoms with van der Waals surface area (Å²) in [6.45, 7) is 4.05. The van der Waals surface area contributed by atoms with Gasteiger partial charge in [0.2, 0.25) is 0 Å². The minimum absolute atomic E-state index is 0.0517. The molecule has 6 nitrogen and oxygen atoms in total. The molecule has 146 valence electrons. The molecule has 2 N–H and O–H groups in total. The fourth-order valence-corrected chi connectivity index (χ4v) is 4.12. The Balaban J connectivity index is 1.50. The zero-order chi connectivity index (χ0) is 19.3. The van der Waals surface area contributed by atoms with Crippen molar-refractivity contribution < 1.29 is 4.74 Å². The Kier molecular flexibility index (Phi) is 4.05. The average molecular weight is 377 g/mol. The first kappa shape index (κ1) is 17.5. The average Bonchev–Trinajstić information content (AvgIpc) is 3.46. The molecule has 2 aliphatic rings. The predicted octanol–water partition coefficient (Wildman–Crippen LogP) is 3.60. The monoisotopic (exact) mass is 377 g/mol. The number of fused-ring (bicyclic) bond motifs is 1. The Morgan fingerprint density at radius 2 is 1.96 bits per heavy atom. The van der Waals surface area contributed by atoms with Crippen LogP contribution < -0.4 is 15.4 Å². The van der Waals surface area contributed by atoms with Gasteiger partial charge in [-0.05, 0) is 56.7 Å². The van der Waals surface area contributed by atoms with Gasteiger partial charge in [0.15, 0.2) is 0 Å². The number of rotatable bonds is 4. The Morgan fingerprint density at radius 1 is 1.18 bits per heavy atom. The van der Waals surface area contributed by atoms with Gasteiger partial charge in [-0.1, -0.05) is 0 Å². The molecule has 0 aromatic carbocycles. The van der Waals surface area contributed by atoms with Crippen molar-refractivity contribution in [3.63, 3.8) is 0 Å². The van der Waals surface area contributed by atoms with E-state index in [4.69, 9.17) is 15.5 Å². The summed E-state index contributed by atoms with van der Waals surface area (Å²) in [6, 6.07) is 6.38. The number of hydrogen-bond donors (Lipinski definition) is 1. The number of hydrogen-bond acceptors (Lipinski definition) is 5. The molecule has 0 amide bonds. The Bertz CT molecular complexity index is 994. The highest BCUT2D eigenvalue weighted by Crippen LogP contribution is 2.44. The van der Waals surface area contributed by atoms with Crippen molar-refractivity contribution in [2.45, 2.75) is 44.1 Å². The van der Waals surface area contributed by atoms with Gasteiger partial charge < -0.3 is 15.4 Å². The number of methoxy groups -OCH3 is 1. The quantitative estimate of drug-likeness (QED) is 0.752. The molecule has 0 spiro atoms. The number of ether oxygens (including phenoxy) is 1. The van der Waals surface area contributed by atoms with Crippen LogP contribution in [0, 0.1) is 0 Å². The van der Waals surface area contributed by atoms with Gasteiger partial charge in [-0.3, -0.25) is 0 Å². The summed E-state index contributed by atoms with van der Waals surface area (Å²) < 4.78 is 7.45. The van der Waals surface area contributed by atoms with Crippen molar-refractivity contribution in [1.82, 2.24) is 14.6 Å². The van der Waals surface area contributed by atoms with E-state index in [1.54, 1.807) is 7.11 Å². The van der Waals surface area contributed by atoms with Gasteiger partial charge in [-0.15, -0.1) is 0 Å². The zero-order valence-corrected chi connectivity index (χ0v) is 16.6. The van der Waals surface area contributed by atoms with Crippen LogP contribution in [-0.4, -0.2) is 40.3 Å². The smallest absolute Gasteiger partial charge is 0.137 e. The van der Waals surface area contributed by atoms with Crippen LogP contribution in [0.3, 0.4) is 0 Å². The number of aromatic nitrogens is 3. The van der Waals surface area contributed by atoms with Crippen LogP contribution in [0.4, 0.5) is 5.82 Å². The molecular formula is C22H27N5O. The Morgan fingerprint density at radius 3 is 2.61 bits per heavy atom. The van der Waals surface area contributed by atoms with E-state index in [0.717, 1.165) is 48.6 Å². The highest BCUT2D eigenvalue weighted by Gasteiger charge is 2.29. The van der Waals surface area contributed by atoms with Crippen LogP contribution in [0.1, 0.15) is 44.1 Å². The Labute approximate surface area is 165 Å². The molecular weight excluding hydrogens is 350 g/mol. The molecule has 4 heterocycles. The van der Waals surface area contributed by atoms with E-state index in [-0.39, 0.29) is 5.54 Å². The molecule has 3 aromatic rings. The van der Waals surface area contributed by atoms with Gasteiger partial charge in [0.25, 0.3) is 0 Å². The lowest BCUT2D eigenvalue weighted by molar-refractivity contribution is 0.363. The third-order valence-corrected chi connectivity index (χ3v) is 6.16. The zero-order valence-electron chi connectivity index (χ0n) is 16.6. The number of anilines is 1. The van der Waals surface area contributed by atoms with Crippen LogP contribution in [-0.2, 0) is 0 Å². The minimum Gasteiger partial charge on any atom is -0.495 e. The van der Waals surface area contributed by atoms with E-state index in [2.05, 4.69) is 35.1 Å². The fourth-order valence-electron chi connectivity index (χ4n) is 4.12. The van der Waals surface area contributed by atoms with Gasteiger partial charge in [0, 0.05) is 41.5 Å². The van der Waals surface area contributed by atoms with E-state index < -0.39 is 0 Å². The number of piperidine rings is 1. The minimum atomic E-state index is -0.0517. The summed E-state index contributed by atoms with van der Waals surface area (Å²) >= 11 is 0. The van der Waals surface area contributed by atoms with Crippen LogP contribution in [0.5, 0.6) is 5.75 Å². The van der Waals surface area contributed by atoms with Crippen LogP contribution in [0.25, 0.3) is 16.6 Å². The third kappa shape index (κ3) is 3.11. The second kappa shape index (κ2) is 6.48. The summed E-state index contributed by atoms with van der Waals surface area (Å²) in [5, 5.41) is 4.58. The number of nitrogens with zero attached hydrogens (tertiary/aromatic N) is 4. The van der Waals surface area contributed by atoms with Crippen LogP contribution in [0.2, 0.25) is 0 Å². The normalized spacial score (nSPS) is 19.2. The van der Waals surface area contributed by atoms with Crippen molar-refractivity contribution in [1.29, 1.82) is 0 Å². The molecule has 1 aliphatic heterocycles. The van der Waals surface area contributed by atoms with E-state index in [1.165, 1.54) is 23.9 Å². The standard InChI is InChI=1S/C22H27N5O/c1-22(23)7-9-26(10-8-22)20-6-5-16(12-24-20)18-11-17(28-2)14-27-21(18)19(13-25-27)15-3-4-15/h5-6,11-15H,3-4,7-10,23H2,1-2H3. The molecule has 0 atom stereocenters. The van der Waals surface area contributed by atoms with E-state index in [0.29, 0.717) is 5.92 Å². The fraction of sp³-hybridized carbons (Fsp3) is 0.455. The summed E-state index contributed by atoms with van der Waals surface area (Å²) in [6.07, 6.45) is 10.4. The second-order valence-electron chi connectivity index (χ2n) is 8.51. The lowest BCUT2D eigenvalue weighted by Crippen LogP contribution is -2.48. The predicted molar refractivity (Wildman–Crippen MR) is 111 cm³/mol. The molecule has 0 radical (unpaired) electrons. The first-order chi connectivity index (χ1) is 13.5. The first-order valence-electron chi connectivity index (χ1n) is 10.1. The van der Waals surface area contributed by atoms with Gasteiger partial charge >= 0.3 is 0 Å². The second-order valence-corrected chi connectivity index (χ2v) is 8.51. The van der Waals surface area contributed by atoms with Crippen LogP contribution in [0.15, 0.2) is 36.8 Å². The third-order valence-electron chi connectivity index (χ3n) is 6.16.